The molecule has 2 rings (SSSR count). The number of rotatable bonds is 4. The molecule has 1 N–H and O–H groups in total. The highest BCUT2D eigenvalue weighted by atomic mass is 79.9. The van der Waals surface area contributed by atoms with E-state index in [0.717, 1.165) is 0 Å². The number of aromatic nitrogens is 3. The first-order valence-corrected chi connectivity index (χ1v) is 6.37. The molecule has 0 spiro atoms. The fourth-order valence-corrected chi connectivity index (χ4v) is 1.92. The maximum atomic E-state index is 10.8. The number of benzene rings is 1. The van der Waals surface area contributed by atoms with E-state index in [-0.39, 0.29) is 28.7 Å². The Hall–Kier alpha value is -2.00. The molecule has 0 bridgehead atoms. The van der Waals surface area contributed by atoms with Gasteiger partial charge in [0.1, 0.15) is 5.75 Å². The van der Waals surface area contributed by atoms with Gasteiger partial charge in [-0.3, -0.25) is 10.1 Å². The lowest BCUT2D eigenvalue weighted by molar-refractivity contribution is -0.385. The van der Waals surface area contributed by atoms with Gasteiger partial charge in [-0.25, -0.2) is 0 Å². The summed E-state index contributed by atoms with van der Waals surface area (Å²) in [6.45, 7) is 0. The molecule has 0 aliphatic rings. The summed E-state index contributed by atoms with van der Waals surface area (Å²) in [5.74, 6) is 0.430. The Bertz CT molecular complexity index is 669. The fraction of sp³-hybridized carbons (Fsp3) is 0.100. The molecule has 0 aliphatic carbocycles. The molecule has 1 aromatic heterocycles. The molecule has 1 aromatic carbocycles. The van der Waals surface area contributed by atoms with Gasteiger partial charge in [-0.2, -0.15) is 15.0 Å². The van der Waals surface area contributed by atoms with Crippen LogP contribution in [0.4, 0.5) is 11.6 Å². The Balaban J connectivity index is 2.34. The Morgan fingerprint density at radius 2 is 2.10 bits per heavy atom. The highest BCUT2D eigenvalue weighted by Crippen LogP contribution is 2.28. The molecular formula is C10H7BrClN5O3. The summed E-state index contributed by atoms with van der Waals surface area (Å²) in [6, 6.07) is 4.08. The minimum Gasteiger partial charge on any atom is -0.424 e. The minimum absolute atomic E-state index is 0.0520. The second kappa shape index (κ2) is 5.97. The number of anilines is 1. The number of nitro benzene ring substituents is 1. The van der Waals surface area contributed by atoms with Crippen molar-refractivity contribution in [1.82, 2.24) is 15.0 Å². The Morgan fingerprint density at radius 1 is 1.35 bits per heavy atom. The molecule has 10 heteroatoms. The van der Waals surface area contributed by atoms with Gasteiger partial charge in [0.25, 0.3) is 5.69 Å². The van der Waals surface area contributed by atoms with Crippen LogP contribution in [-0.4, -0.2) is 26.9 Å². The van der Waals surface area contributed by atoms with Crippen LogP contribution in [0.3, 0.4) is 0 Å². The minimum atomic E-state index is -0.531. The van der Waals surface area contributed by atoms with Crippen molar-refractivity contribution in [3.63, 3.8) is 0 Å². The normalized spacial score (nSPS) is 10.2. The van der Waals surface area contributed by atoms with Crippen molar-refractivity contribution in [3.05, 3.63) is 38.1 Å². The van der Waals surface area contributed by atoms with E-state index in [2.05, 4.69) is 36.2 Å². The number of ether oxygens (including phenoxy) is 1. The van der Waals surface area contributed by atoms with Gasteiger partial charge in [-0.15, -0.1) is 0 Å². The monoisotopic (exact) mass is 359 g/mol. The maximum absolute atomic E-state index is 10.8. The van der Waals surface area contributed by atoms with Crippen LogP contribution in [-0.2, 0) is 0 Å². The van der Waals surface area contributed by atoms with Crippen LogP contribution in [0.15, 0.2) is 22.7 Å². The van der Waals surface area contributed by atoms with Crippen LogP contribution in [0.5, 0.6) is 11.8 Å². The standard InChI is InChI=1S/C10H7BrClN5O3/c1-13-9-14-8(12)15-10(16-9)20-7-3-5(11)2-6(4-7)17(18)19/h2-4H,1H3,(H,13,14,15,16). The van der Waals surface area contributed by atoms with E-state index in [1.165, 1.54) is 12.1 Å². The highest BCUT2D eigenvalue weighted by molar-refractivity contribution is 9.10. The summed E-state index contributed by atoms with van der Waals surface area (Å²) in [6.07, 6.45) is 0. The largest absolute Gasteiger partial charge is 0.424 e. The topological polar surface area (TPSA) is 103 Å². The SMILES string of the molecule is CNc1nc(Cl)nc(Oc2cc(Br)cc([N+](=O)[O-])c2)n1. The predicted octanol–water partition coefficient (Wildman–Crippen LogP) is 3.03. The second-order valence-electron chi connectivity index (χ2n) is 3.46. The van der Waals surface area contributed by atoms with Crippen molar-refractivity contribution >= 4 is 39.2 Å². The van der Waals surface area contributed by atoms with E-state index in [1.54, 1.807) is 13.1 Å². The van der Waals surface area contributed by atoms with Crippen LogP contribution < -0.4 is 10.1 Å². The molecule has 0 amide bonds. The van der Waals surface area contributed by atoms with Crippen LogP contribution >= 0.6 is 27.5 Å². The Morgan fingerprint density at radius 3 is 2.75 bits per heavy atom. The molecule has 0 saturated carbocycles. The van der Waals surface area contributed by atoms with Crippen molar-refractivity contribution in [2.45, 2.75) is 0 Å². The van der Waals surface area contributed by atoms with Gasteiger partial charge in [-0.1, -0.05) is 15.9 Å². The summed E-state index contributed by atoms with van der Waals surface area (Å²) in [5, 5.41) is 13.4. The molecule has 8 nitrogen and oxygen atoms in total. The van der Waals surface area contributed by atoms with Gasteiger partial charge >= 0.3 is 6.01 Å². The summed E-state index contributed by atoms with van der Waals surface area (Å²) >= 11 is 8.87. The number of nitrogens with one attached hydrogen (secondary N) is 1. The third-order valence-corrected chi connectivity index (χ3v) is 2.71. The van der Waals surface area contributed by atoms with E-state index in [1.807, 2.05) is 0 Å². The number of nitro groups is 1. The number of non-ortho nitro benzene ring substituents is 1. The van der Waals surface area contributed by atoms with Gasteiger partial charge in [0.2, 0.25) is 11.2 Å². The van der Waals surface area contributed by atoms with Crippen molar-refractivity contribution in [2.75, 3.05) is 12.4 Å². The van der Waals surface area contributed by atoms with Crippen molar-refractivity contribution in [2.24, 2.45) is 0 Å². The zero-order valence-corrected chi connectivity index (χ0v) is 12.3. The zero-order valence-electron chi connectivity index (χ0n) is 10.0. The first-order chi connectivity index (χ1) is 9.47. The first kappa shape index (κ1) is 14.4. The molecule has 104 valence electrons. The molecule has 0 unspecified atom stereocenters. The van der Waals surface area contributed by atoms with Gasteiger partial charge in [0.15, 0.2) is 0 Å². The molecule has 0 saturated heterocycles. The van der Waals surface area contributed by atoms with Gasteiger partial charge in [-0.05, 0) is 17.7 Å². The average molecular weight is 361 g/mol. The second-order valence-corrected chi connectivity index (χ2v) is 4.72. The number of hydrogen-bond donors (Lipinski definition) is 1. The smallest absolute Gasteiger partial charge is 0.328 e. The number of halogens is 2. The molecule has 2 aromatic rings. The molecule has 0 fully saturated rings. The first-order valence-electron chi connectivity index (χ1n) is 5.20. The summed E-state index contributed by atoms with van der Waals surface area (Å²) < 4.78 is 5.85. The van der Waals surface area contributed by atoms with Crippen molar-refractivity contribution in [1.29, 1.82) is 0 Å². The quantitative estimate of drug-likeness (QED) is 0.660. The van der Waals surface area contributed by atoms with E-state index < -0.39 is 4.92 Å². The number of nitrogens with zero attached hydrogens (tertiary/aromatic N) is 4. The maximum Gasteiger partial charge on any atom is 0.328 e. The van der Waals surface area contributed by atoms with Gasteiger partial charge in [0, 0.05) is 17.6 Å². The predicted molar refractivity (Wildman–Crippen MR) is 75.3 cm³/mol. The molecule has 0 radical (unpaired) electrons. The molecule has 0 aliphatic heterocycles. The summed E-state index contributed by atoms with van der Waals surface area (Å²) in [4.78, 5) is 21.7. The Labute approximate surface area is 126 Å². The lowest BCUT2D eigenvalue weighted by Crippen LogP contribution is -2.01. The van der Waals surface area contributed by atoms with Crippen LogP contribution in [0, 0.1) is 10.1 Å². The van der Waals surface area contributed by atoms with E-state index in [9.17, 15) is 10.1 Å². The molecular weight excluding hydrogens is 353 g/mol. The van der Waals surface area contributed by atoms with E-state index >= 15 is 0 Å². The third kappa shape index (κ3) is 3.52. The van der Waals surface area contributed by atoms with E-state index in [4.69, 9.17) is 16.3 Å². The average Bonchev–Trinajstić information content (AvgIpc) is 2.37. The van der Waals surface area contributed by atoms with Crippen LogP contribution in [0.2, 0.25) is 5.28 Å². The molecule has 20 heavy (non-hydrogen) atoms. The Kier molecular flexibility index (Phi) is 4.30. The van der Waals surface area contributed by atoms with Gasteiger partial charge in [0.05, 0.1) is 11.0 Å². The lowest BCUT2D eigenvalue weighted by atomic mass is 10.3. The van der Waals surface area contributed by atoms with E-state index in [0.29, 0.717) is 4.47 Å². The molecule has 0 atom stereocenters. The lowest BCUT2D eigenvalue weighted by Gasteiger charge is -2.06. The highest BCUT2D eigenvalue weighted by Gasteiger charge is 2.12. The number of hydrogen-bond acceptors (Lipinski definition) is 7. The van der Waals surface area contributed by atoms with Gasteiger partial charge < -0.3 is 10.1 Å². The van der Waals surface area contributed by atoms with Crippen molar-refractivity contribution < 1.29 is 9.66 Å². The third-order valence-electron chi connectivity index (χ3n) is 2.09. The molecule has 1 heterocycles. The van der Waals surface area contributed by atoms with Crippen LogP contribution in [0.1, 0.15) is 0 Å². The summed E-state index contributed by atoms with van der Waals surface area (Å²) in [7, 11) is 1.61. The van der Waals surface area contributed by atoms with Crippen LogP contribution in [0.25, 0.3) is 0 Å². The zero-order chi connectivity index (χ0) is 14.7. The fourth-order valence-electron chi connectivity index (χ4n) is 1.31. The summed E-state index contributed by atoms with van der Waals surface area (Å²) in [5.41, 5.74) is -0.122. The van der Waals surface area contributed by atoms with Crippen molar-refractivity contribution in [3.8, 4) is 11.8 Å².